The van der Waals surface area contributed by atoms with Crippen LogP contribution in [0, 0.1) is 0 Å². The van der Waals surface area contributed by atoms with Crippen LogP contribution in [0.2, 0.25) is 0 Å². The Morgan fingerprint density at radius 3 is 2.59 bits per heavy atom. The molecule has 0 aromatic carbocycles. The van der Waals surface area contributed by atoms with Crippen molar-refractivity contribution < 1.29 is 4.79 Å². The molecule has 1 heterocycles. The zero-order valence-corrected chi connectivity index (χ0v) is 11.7. The lowest BCUT2D eigenvalue weighted by molar-refractivity contribution is -0.112. The molecule has 0 bridgehead atoms. The van der Waals surface area contributed by atoms with Gasteiger partial charge in [0.25, 0.3) is 0 Å². The molecule has 0 aliphatic carbocycles. The Bertz CT molecular complexity index is 342. The molecule has 1 rings (SSSR count). The maximum Gasteiger partial charge on any atom is 0.183 e. The molecule has 0 fully saturated rings. The summed E-state index contributed by atoms with van der Waals surface area (Å²) >= 11 is 0. The first-order valence-electron chi connectivity index (χ1n) is 6.63. The Hall–Kier alpha value is -1.12. The van der Waals surface area contributed by atoms with Gasteiger partial charge in [0.05, 0.1) is 6.04 Å². The second-order valence-corrected chi connectivity index (χ2v) is 4.82. The smallest absolute Gasteiger partial charge is 0.183 e. The van der Waals surface area contributed by atoms with Crippen LogP contribution in [0.15, 0.2) is 16.8 Å². The molecule has 1 aliphatic rings. The van der Waals surface area contributed by atoms with E-state index in [1.165, 1.54) is 0 Å². The number of Topliss-reactive ketones (excluding diaryl/α,β-unsaturated/α-hetero) is 1. The van der Waals surface area contributed by atoms with Crippen molar-refractivity contribution in [1.82, 2.24) is 5.01 Å². The molecule has 1 unspecified atom stereocenters. The third-order valence-electron chi connectivity index (χ3n) is 3.10. The predicted octanol–water partition coefficient (Wildman–Crippen LogP) is 3.16. The first-order valence-corrected chi connectivity index (χ1v) is 6.63. The summed E-state index contributed by atoms with van der Waals surface area (Å²) in [5.74, 6) is 0.155. The first-order chi connectivity index (χ1) is 8.02. The standard InChI is InChI=1S/C14H24N2O/c1-6-8-9-12-11(5)16(10(3)4)15-14(12)13(17)7-2/h9-11H,6-8H2,1-5H3/b12-9+. The summed E-state index contributed by atoms with van der Waals surface area (Å²) in [4.78, 5) is 11.9. The number of hydrogen-bond acceptors (Lipinski definition) is 3. The summed E-state index contributed by atoms with van der Waals surface area (Å²) < 4.78 is 0. The van der Waals surface area contributed by atoms with Gasteiger partial charge in [-0.15, -0.1) is 0 Å². The van der Waals surface area contributed by atoms with E-state index in [4.69, 9.17) is 0 Å². The van der Waals surface area contributed by atoms with E-state index in [0.29, 0.717) is 18.2 Å². The number of carbonyl (C=O) groups is 1. The Morgan fingerprint density at radius 1 is 1.47 bits per heavy atom. The molecule has 0 saturated heterocycles. The van der Waals surface area contributed by atoms with Gasteiger partial charge < -0.3 is 0 Å². The van der Waals surface area contributed by atoms with E-state index >= 15 is 0 Å². The molecule has 0 spiro atoms. The van der Waals surface area contributed by atoms with Crippen LogP contribution in [-0.2, 0) is 4.79 Å². The zero-order valence-electron chi connectivity index (χ0n) is 11.7. The van der Waals surface area contributed by atoms with Gasteiger partial charge in [-0.1, -0.05) is 26.3 Å². The lowest BCUT2D eigenvalue weighted by atomic mass is 9.98. The van der Waals surface area contributed by atoms with Gasteiger partial charge in [-0.3, -0.25) is 9.80 Å². The van der Waals surface area contributed by atoms with Crippen LogP contribution < -0.4 is 0 Å². The highest BCUT2D eigenvalue weighted by molar-refractivity contribution is 6.46. The fraction of sp³-hybridized carbons (Fsp3) is 0.714. The summed E-state index contributed by atoms with van der Waals surface area (Å²) in [5.41, 5.74) is 1.80. The second-order valence-electron chi connectivity index (χ2n) is 4.82. The lowest BCUT2D eigenvalue weighted by Crippen LogP contribution is -2.31. The Kier molecular flexibility index (Phi) is 4.91. The average molecular weight is 236 g/mol. The summed E-state index contributed by atoms with van der Waals surface area (Å²) in [5, 5.41) is 6.54. The average Bonchev–Trinajstić information content (AvgIpc) is 2.63. The van der Waals surface area contributed by atoms with Crippen molar-refractivity contribution in [2.45, 2.75) is 66.0 Å². The minimum atomic E-state index is 0.155. The molecule has 3 nitrogen and oxygen atoms in total. The molecular formula is C14H24N2O. The van der Waals surface area contributed by atoms with Crippen molar-refractivity contribution >= 4 is 11.5 Å². The highest BCUT2D eigenvalue weighted by atomic mass is 16.1. The Balaban J connectivity index is 3.02. The highest BCUT2D eigenvalue weighted by Crippen LogP contribution is 2.25. The zero-order chi connectivity index (χ0) is 13.0. The van der Waals surface area contributed by atoms with Gasteiger partial charge in [0.2, 0.25) is 0 Å². The van der Waals surface area contributed by atoms with E-state index in [-0.39, 0.29) is 11.8 Å². The molecule has 0 radical (unpaired) electrons. The molecule has 0 N–H and O–H groups in total. The largest absolute Gasteiger partial charge is 0.292 e. The SMILES string of the molecule is CCC/C=C1/C(C(=O)CC)=NN(C(C)C)C1C. The molecule has 0 aromatic heterocycles. The summed E-state index contributed by atoms with van der Waals surface area (Å²) in [6.07, 6.45) is 4.83. The highest BCUT2D eigenvalue weighted by Gasteiger charge is 2.32. The molecule has 0 amide bonds. The predicted molar refractivity (Wildman–Crippen MR) is 72.2 cm³/mol. The first kappa shape index (κ1) is 13.9. The molecule has 0 saturated carbocycles. The van der Waals surface area contributed by atoms with E-state index in [1.807, 2.05) is 11.9 Å². The van der Waals surface area contributed by atoms with Gasteiger partial charge in [-0.05, 0) is 27.2 Å². The van der Waals surface area contributed by atoms with Gasteiger partial charge in [-0.25, -0.2) is 0 Å². The summed E-state index contributed by atoms with van der Waals surface area (Å²) in [7, 11) is 0. The van der Waals surface area contributed by atoms with Crippen molar-refractivity contribution in [2.75, 3.05) is 0 Å². The van der Waals surface area contributed by atoms with E-state index in [2.05, 4.69) is 38.9 Å². The lowest BCUT2D eigenvalue weighted by Gasteiger charge is -2.24. The number of allylic oxidation sites excluding steroid dienone is 1. The van der Waals surface area contributed by atoms with Gasteiger partial charge in [-0.2, -0.15) is 5.10 Å². The van der Waals surface area contributed by atoms with Gasteiger partial charge in [0.1, 0.15) is 5.71 Å². The molecule has 1 atom stereocenters. The van der Waals surface area contributed by atoms with E-state index in [1.54, 1.807) is 0 Å². The number of hydrazone groups is 1. The van der Waals surface area contributed by atoms with Crippen LogP contribution in [0.25, 0.3) is 0 Å². The van der Waals surface area contributed by atoms with Crippen LogP contribution in [0.5, 0.6) is 0 Å². The normalized spacial score (nSPS) is 22.5. The third kappa shape index (κ3) is 2.96. The third-order valence-corrected chi connectivity index (χ3v) is 3.10. The van der Waals surface area contributed by atoms with Crippen molar-refractivity contribution in [3.8, 4) is 0 Å². The molecule has 3 heteroatoms. The number of nitrogens with zero attached hydrogens (tertiary/aromatic N) is 2. The van der Waals surface area contributed by atoms with E-state index in [9.17, 15) is 4.79 Å². The minimum Gasteiger partial charge on any atom is -0.292 e. The molecular weight excluding hydrogens is 212 g/mol. The summed E-state index contributed by atoms with van der Waals surface area (Å²) in [6, 6.07) is 0.559. The van der Waals surface area contributed by atoms with Crippen LogP contribution in [0.1, 0.15) is 53.9 Å². The molecule has 17 heavy (non-hydrogen) atoms. The van der Waals surface area contributed by atoms with Crippen molar-refractivity contribution in [1.29, 1.82) is 0 Å². The quantitative estimate of drug-likeness (QED) is 0.734. The van der Waals surface area contributed by atoms with Gasteiger partial charge in [0.15, 0.2) is 5.78 Å². The maximum absolute atomic E-state index is 11.9. The summed E-state index contributed by atoms with van der Waals surface area (Å²) in [6.45, 7) is 10.4. The minimum absolute atomic E-state index is 0.155. The van der Waals surface area contributed by atoms with Gasteiger partial charge >= 0.3 is 0 Å². The Labute approximate surface area is 105 Å². The van der Waals surface area contributed by atoms with Crippen LogP contribution in [0.3, 0.4) is 0 Å². The number of hydrogen-bond donors (Lipinski definition) is 0. The van der Waals surface area contributed by atoms with Crippen LogP contribution >= 0.6 is 0 Å². The molecule has 96 valence electrons. The monoisotopic (exact) mass is 236 g/mol. The number of carbonyl (C=O) groups excluding carboxylic acids is 1. The molecule has 1 aliphatic heterocycles. The number of rotatable bonds is 5. The van der Waals surface area contributed by atoms with Crippen molar-refractivity contribution in [3.05, 3.63) is 11.6 Å². The van der Waals surface area contributed by atoms with Gasteiger partial charge in [0, 0.05) is 18.0 Å². The fourth-order valence-electron chi connectivity index (χ4n) is 2.11. The Morgan fingerprint density at radius 2 is 2.12 bits per heavy atom. The number of unbranched alkanes of at least 4 members (excludes halogenated alkanes) is 1. The van der Waals surface area contributed by atoms with Crippen molar-refractivity contribution in [2.24, 2.45) is 5.10 Å². The topological polar surface area (TPSA) is 32.7 Å². The fourth-order valence-corrected chi connectivity index (χ4v) is 2.11. The van der Waals surface area contributed by atoms with Crippen LogP contribution in [-0.4, -0.2) is 28.6 Å². The second kappa shape index (κ2) is 5.99. The van der Waals surface area contributed by atoms with Crippen molar-refractivity contribution in [3.63, 3.8) is 0 Å². The number of ketones is 1. The van der Waals surface area contributed by atoms with E-state index < -0.39 is 0 Å². The molecule has 0 aromatic rings. The van der Waals surface area contributed by atoms with E-state index in [0.717, 1.165) is 18.4 Å². The van der Waals surface area contributed by atoms with Crippen LogP contribution in [0.4, 0.5) is 0 Å². The maximum atomic E-state index is 11.9.